The summed E-state index contributed by atoms with van der Waals surface area (Å²) in [6.07, 6.45) is 2.39. The summed E-state index contributed by atoms with van der Waals surface area (Å²) in [5, 5.41) is 5.80. The number of pyridine rings is 1. The number of aromatic nitrogens is 1. The Labute approximate surface area is 87.7 Å². The van der Waals surface area contributed by atoms with Crippen LogP contribution < -0.4 is 10.6 Å². The Morgan fingerprint density at radius 3 is 2.93 bits per heavy atom. The first-order chi connectivity index (χ1) is 6.72. The molecule has 1 aromatic heterocycles. The van der Waals surface area contributed by atoms with Gasteiger partial charge in [-0.2, -0.15) is 0 Å². The number of urea groups is 1. The Morgan fingerprint density at radius 1 is 1.57 bits per heavy atom. The smallest absolute Gasteiger partial charge is 0.320 e. The molecule has 2 N–H and O–H groups in total. The van der Waals surface area contributed by atoms with Crippen LogP contribution in [0.25, 0.3) is 0 Å². The maximum absolute atomic E-state index is 11.2. The summed E-state index contributed by atoms with van der Waals surface area (Å²) in [6.45, 7) is 2.64. The van der Waals surface area contributed by atoms with Gasteiger partial charge in [-0.05, 0) is 18.6 Å². The SMILES string of the molecule is CCCNC(=O)Nc1ccc(Cl)cn1. The van der Waals surface area contributed by atoms with Crippen molar-refractivity contribution in [3.8, 4) is 0 Å². The average Bonchev–Trinajstić information content (AvgIpc) is 2.18. The monoisotopic (exact) mass is 213 g/mol. The molecule has 0 aliphatic rings. The van der Waals surface area contributed by atoms with Crippen molar-refractivity contribution >= 4 is 23.4 Å². The highest BCUT2D eigenvalue weighted by Crippen LogP contribution is 2.08. The number of carbonyl (C=O) groups excluding carboxylic acids is 1. The standard InChI is InChI=1S/C9H12ClN3O/c1-2-5-11-9(14)13-8-4-3-7(10)6-12-8/h3-4,6H,2,5H2,1H3,(H2,11,12,13,14). The molecule has 0 aliphatic heterocycles. The number of amides is 2. The van der Waals surface area contributed by atoms with E-state index in [1.807, 2.05) is 6.92 Å². The highest BCUT2D eigenvalue weighted by Gasteiger charge is 2.00. The van der Waals surface area contributed by atoms with Gasteiger partial charge in [0.25, 0.3) is 0 Å². The van der Waals surface area contributed by atoms with Gasteiger partial charge in [0.15, 0.2) is 0 Å². The summed E-state index contributed by atoms with van der Waals surface area (Å²) in [5.41, 5.74) is 0. The van der Waals surface area contributed by atoms with E-state index in [-0.39, 0.29) is 6.03 Å². The van der Waals surface area contributed by atoms with Crippen molar-refractivity contribution in [2.45, 2.75) is 13.3 Å². The fraction of sp³-hybridized carbons (Fsp3) is 0.333. The predicted octanol–water partition coefficient (Wildman–Crippen LogP) is 2.27. The van der Waals surface area contributed by atoms with Gasteiger partial charge in [0, 0.05) is 12.7 Å². The summed E-state index contributed by atoms with van der Waals surface area (Å²) in [5.74, 6) is 0.489. The fourth-order valence-corrected chi connectivity index (χ4v) is 0.961. The van der Waals surface area contributed by atoms with Crippen LogP contribution in [0.15, 0.2) is 18.3 Å². The first-order valence-electron chi connectivity index (χ1n) is 4.38. The van der Waals surface area contributed by atoms with Crippen molar-refractivity contribution in [1.82, 2.24) is 10.3 Å². The number of hydrogen-bond acceptors (Lipinski definition) is 2. The van der Waals surface area contributed by atoms with Crippen molar-refractivity contribution in [3.63, 3.8) is 0 Å². The molecule has 5 heteroatoms. The highest BCUT2D eigenvalue weighted by molar-refractivity contribution is 6.30. The molecule has 0 radical (unpaired) electrons. The van der Waals surface area contributed by atoms with Crippen molar-refractivity contribution in [3.05, 3.63) is 23.4 Å². The lowest BCUT2D eigenvalue weighted by Crippen LogP contribution is -2.29. The molecule has 1 aromatic rings. The first kappa shape index (κ1) is 10.8. The van der Waals surface area contributed by atoms with Gasteiger partial charge in [0.05, 0.1) is 5.02 Å². The van der Waals surface area contributed by atoms with E-state index in [9.17, 15) is 4.79 Å². The molecular formula is C9H12ClN3O. The third-order valence-electron chi connectivity index (χ3n) is 1.50. The number of rotatable bonds is 3. The van der Waals surface area contributed by atoms with Crippen LogP contribution in [-0.4, -0.2) is 17.6 Å². The molecule has 4 nitrogen and oxygen atoms in total. The van der Waals surface area contributed by atoms with Gasteiger partial charge < -0.3 is 5.32 Å². The predicted molar refractivity (Wildman–Crippen MR) is 56.6 cm³/mol. The quantitative estimate of drug-likeness (QED) is 0.809. The largest absolute Gasteiger partial charge is 0.338 e. The number of hydrogen-bond donors (Lipinski definition) is 2. The van der Waals surface area contributed by atoms with Gasteiger partial charge in [0.2, 0.25) is 0 Å². The Bertz CT molecular complexity index is 299. The topological polar surface area (TPSA) is 54.0 Å². The van der Waals surface area contributed by atoms with E-state index in [1.54, 1.807) is 12.1 Å². The van der Waals surface area contributed by atoms with Crippen LogP contribution in [0.1, 0.15) is 13.3 Å². The summed E-state index contributed by atoms with van der Waals surface area (Å²) < 4.78 is 0. The second kappa shape index (κ2) is 5.44. The van der Waals surface area contributed by atoms with Crippen molar-refractivity contribution < 1.29 is 4.79 Å². The maximum Gasteiger partial charge on any atom is 0.320 e. The van der Waals surface area contributed by atoms with Crippen LogP contribution >= 0.6 is 11.6 Å². The number of halogens is 1. The average molecular weight is 214 g/mol. The van der Waals surface area contributed by atoms with E-state index in [1.165, 1.54) is 6.20 Å². The molecule has 0 saturated heterocycles. The number of nitrogens with zero attached hydrogens (tertiary/aromatic N) is 1. The second-order valence-electron chi connectivity index (χ2n) is 2.74. The molecule has 76 valence electrons. The van der Waals surface area contributed by atoms with Crippen molar-refractivity contribution in [2.24, 2.45) is 0 Å². The summed E-state index contributed by atoms with van der Waals surface area (Å²) in [4.78, 5) is 15.1. The van der Waals surface area contributed by atoms with Crippen LogP contribution in [0.3, 0.4) is 0 Å². The van der Waals surface area contributed by atoms with Crippen LogP contribution in [0.2, 0.25) is 5.02 Å². The Morgan fingerprint density at radius 2 is 2.36 bits per heavy atom. The van der Waals surface area contributed by atoms with E-state index in [2.05, 4.69) is 15.6 Å². The molecule has 1 heterocycles. The van der Waals surface area contributed by atoms with Gasteiger partial charge in [-0.25, -0.2) is 9.78 Å². The van der Waals surface area contributed by atoms with Crippen molar-refractivity contribution in [2.75, 3.05) is 11.9 Å². The van der Waals surface area contributed by atoms with Gasteiger partial charge in [-0.3, -0.25) is 5.32 Å². The minimum Gasteiger partial charge on any atom is -0.338 e. The van der Waals surface area contributed by atoms with Gasteiger partial charge in [-0.15, -0.1) is 0 Å². The molecule has 0 aromatic carbocycles. The molecule has 1 rings (SSSR count). The molecule has 2 amide bonds. The van der Waals surface area contributed by atoms with Crippen LogP contribution in [0, 0.1) is 0 Å². The van der Waals surface area contributed by atoms with E-state index < -0.39 is 0 Å². The Kier molecular flexibility index (Phi) is 4.19. The van der Waals surface area contributed by atoms with E-state index in [0.29, 0.717) is 17.4 Å². The lowest BCUT2D eigenvalue weighted by molar-refractivity contribution is 0.252. The highest BCUT2D eigenvalue weighted by atomic mass is 35.5. The zero-order chi connectivity index (χ0) is 10.4. The summed E-state index contributed by atoms with van der Waals surface area (Å²) in [7, 11) is 0. The van der Waals surface area contributed by atoms with E-state index >= 15 is 0 Å². The van der Waals surface area contributed by atoms with Crippen LogP contribution in [-0.2, 0) is 0 Å². The normalized spacial score (nSPS) is 9.57. The zero-order valence-corrected chi connectivity index (χ0v) is 8.64. The molecule has 0 unspecified atom stereocenters. The lowest BCUT2D eigenvalue weighted by Gasteiger charge is -2.05. The third kappa shape index (κ3) is 3.62. The van der Waals surface area contributed by atoms with Gasteiger partial charge in [0.1, 0.15) is 5.82 Å². The molecular weight excluding hydrogens is 202 g/mol. The number of carbonyl (C=O) groups is 1. The molecule has 0 saturated carbocycles. The number of nitrogens with one attached hydrogen (secondary N) is 2. The van der Waals surface area contributed by atoms with Crippen molar-refractivity contribution in [1.29, 1.82) is 0 Å². The molecule has 0 atom stereocenters. The molecule has 0 bridgehead atoms. The Hall–Kier alpha value is -1.29. The van der Waals surface area contributed by atoms with Gasteiger partial charge in [-0.1, -0.05) is 18.5 Å². The number of anilines is 1. The molecule has 0 fully saturated rings. The minimum absolute atomic E-state index is 0.248. The summed E-state index contributed by atoms with van der Waals surface area (Å²) >= 11 is 5.64. The van der Waals surface area contributed by atoms with E-state index in [4.69, 9.17) is 11.6 Å². The second-order valence-corrected chi connectivity index (χ2v) is 3.18. The van der Waals surface area contributed by atoms with Crippen LogP contribution in [0.4, 0.5) is 10.6 Å². The maximum atomic E-state index is 11.2. The summed E-state index contributed by atoms with van der Waals surface area (Å²) in [6, 6.07) is 3.07. The molecule has 14 heavy (non-hydrogen) atoms. The van der Waals surface area contributed by atoms with Gasteiger partial charge >= 0.3 is 6.03 Å². The zero-order valence-electron chi connectivity index (χ0n) is 7.88. The van der Waals surface area contributed by atoms with Crippen LogP contribution in [0.5, 0.6) is 0 Å². The Balaban J connectivity index is 2.44. The first-order valence-corrected chi connectivity index (χ1v) is 4.76. The van der Waals surface area contributed by atoms with E-state index in [0.717, 1.165) is 6.42 Å². The molecule has 0 aliphatic carbocycles. The minimum atomic E-state index is -0.248. The molecule has 0 spiro atoms. The third-order valence-corrected chi connectivity index (χ3v) is 1.73. The fourth-order valence-electron chi connectivity index (χ4n) is 0.849. The lowest BCUT2D eigenvalue weighted by atomic mass is 10.4.